The lowest BCUT2D eigenvalue weighted by Crippen LogP contribution is -2.39. The Balaban J connectivity index is 0.00000338. The van der Waals surface area contributed by atoms with Gasteiger partial charge in [0.05, 0.1) is 9.79 Å². The average Bonchev–Trinajstić information content (AvgIpc) is 2.90. The zero-order chi connectivity index (χ0) is 18.7. The number of benzene rings is 1. The number of nitrogens with zero attached hydrogens (tertiary/aromatic N) is 2. The van der Waals surface area contributed by atoms with E-state index in [9.17, 15) is 16.8 Å². The van der Waals surface area contributed by atoms with Gasteiger partial charge in [-0.05, 0) is 38.0 Å². The summed E-state index contributed by atoms with van der Waals surface area (Å²) >= 11 is 0. The Morgan fingerprint density at radius 1 is 1.08 bits per heavy atom. The minimum absolute atomic E-state index is 0. The fourth-order valence-corrected chi connectivity index (χ4v) is 5.83. The van der Waals surface area contributed by atoms with Crippen LogP contribution in [0, 0.1) is 0 Å². The van der Waals surface area contributed by atoms with Gasteiger partial charge in [0.25, 0.3) is 0 Å². The van der Waals surface area contributed by atoms with E-state index in [2.05, 4.69) is 0 Å². The van der Waals surface area contributed by atoms with Crippen molar-refractivity contribution < 1.29 is 16.8 Å². The Bertz CT molecular complexity index is 791. The number of hydrogen-bond acceptors (Lipinski definition) is 5. The third kappa shape index (κ3) is 4.96. The van der Waals surface area contributed by atoms with E-state index >= 15 is 0 Å². The minimum Gasteiger partial charge on any atom is -0.329 e. The van der Waals surface area contributed by atoms with Crippen LogP contribution in [0.5, 0.6) is 0 Å². The van der Waals surface area contributed by atoms with Crippen molar-refractivity contribution in [2.24, 2.45) is 5.73 Å². The first-order valence-corrected chi connectivity index (χ1v) is 11.4. The summed E-state index contributed by atoms with van der Waals surface area (Å²) in [6.45, 7) is 2.84. The van der Waals surface area contributed by atoms with Crippen molar-refractivity contribution in [2.45, 2.75) is 48.4 Å². The smallest absolute Gasteiger partial charge is 0.243 e. The van der Waals surface area contributed by atoms with Gasteiger partial charge in [-0.25, -0.2) is 16.8 Å². The first-order chi connectivity index (χ1) is 11.7. The fourth-order valence-electron chi connectivity index (χ4n) is 2.78. The molecule has 1 aromatic carbocycles. The average molecular weight is 426 g/mol. The van der Waals surface area contributed by atoms with Crippen LogP contribution in [-0.4, -0.2) is 58.2 Å². The molecular formula is C16H28ClN3O4S2. The fraction of sp³-hybridized carbons (Fsp3) is 0.625. The van der Waals surface area contributed by atoms with Crippen LogP contribution < -0.4 is 5.73 Å². The largest absolute Gasteiger partial charge is 0.329 e. The highest BCUT2D eigenvalue weighted by molar-refractivity contribution is 7.90. The predicted octanol–water partition coefficient (Wildman–Crippen LogP) is 1.64. The molecule has 2 rings (SSSR count). The van der Waals surface area contributed by atoms with Crippen LogP contribution in [0.3, 0.4) is 0 Å². The first kappa shape index (κ1) is 23.3. The van der Waals surface area contributed by atoms with Gasteiger partial charge in [0.15, 0.2) is 0 Å². The Labute approximate surface area is 163 Å². The summed E-state index contributed by atoms with van der Waals surface area (Å²) in [6, 6.07) is 5.20. The molecule has 0 radical (unpaired) electrons. The van der Waals surface area contributed by atoms with Crippen molar-refractivity contribution in [2.75, 3.05) is 26.7 Å². The molecule has 1 aromatic rings. The summed E-state index contributed by atoms with van der Waals surface area (Å²) in [5.41, 5.74) is 5.55. The van der Waals surface area contributed by atoms with Crippen LogP contribution in [0.2, 0.25) is 0 Å². The summed E-state index contributed by atoms with van der Waals surface area (Å²) in [4.78, 5) is -0.0181. The Morgan fingerprint density at radius 3 is 2.15 bits per heavy atom. The number of sulfonamides is 2. The van der Waals surface area contributed by atoms with E-state index < -0.39 is 20.0 Å². The summed E-state index contributed by atoms with van der Waals surface area (Å²) < 4.78 is 53.8. The van der Waals surface area contributed by atoms with Crippen LogP contribution in [0.1, 0.15) is 32.6 Å². The molecule has 0 aliphatic carbocycles. The van der Waals surface area contributed by atoms with Crippen molar-refractivity contribution in [3.63, 3.8) is 0 Å². The van der Waals surface area contributed by atoms with Gasteiger partial charge in [-0.15, -0.1) is 12.4 Å². The van der Waals surface area contributed by atoms with Gasteiger partial charge in [0.2, 0.25) is 20.0 Å². The summed E-state index contributed by atoms with van der Waals surface area (Å²) in [5.74, 6) is 0. The van der Waals surface area contributed by atoms with E-state index in [0.717, 1.165) is 25.7 Å². The van der Waals surface area contributed by atoms with E-state index in [1.165, 1.54) is 39.9 Å². The minimum atomic E-state index is -3.80. The molecule has 1 fully saturated rings. The van der Waals surface area contributed by atoms with Gasteiger partial charge in [0, 0.05) is 32.7 Å². The summed E-state index contributed by atoms with van der Waals surface area (Å²) in [6.07, 6.45) is 3.69. The second kappa shape index (κ2) is 9.48. The zero-order valence-corrected chi connectivity index (χ0v) is 17.6. The number of halogens is 1. The molecule has 7 nitrogen and oxygen atoms in total. The molecule has 1 saturated heterocycles. The Kier molecular flexibility index (Phi) is 8.50. The molecule has 0 bridgehead atoms. The Morgan fingerprint density at radius 2 is 1.62 bits per heavy atom. The van der Waals surface area contributed by atoms with Crippen molar-refractivity contribution in [1.82, 2.24) is 8.61 Å². The topological polar surface area (TPSA) is 101 Å². The molecule has 26 heavy (non-hydrogen) atoms. The summed E-state index contributed by atoms with van der Waals surface area (Å²) in [5, 5.41) is 0. The van der Waals surface area contributed by atoms with Crippen LogP contribution in [0.15, 0.2) is 34.1 Å². The van der Waals surface area contributed by atoms with Crippen molar-refractivity contribution >= 4 is 32.5 Å². The van der Waals surface area contributed by atoms with Crippen LogP contribution in [-0.2, 0) is 20.0 Å². The Hall–Kier alpha value is -0.710. The third-order valence-electron chi connectivity index (χ3n) is 4.65. The quantitative estimate of drug-likeness (QED) is 0.746. The SMILES string of the molecule is CC(CN)N(C)S(=O)(=O)c1cccc(S(=O)(=O)N2CCCCCC2)c1.Cl. The van der Waals surface area contributed by atoms with E-state index in [1.807, 2.05) is 0 Å². The highest BCUT2D eigenvalue weighted by atomic mass is 35.5. The molecule has 2 N–H and O–H groups in total. The van der Waals surface area contributed by atoms with Crippen molar-refractivity contribution in [1.29, 1.82) is 0 Å². The molecule has 1 aliphatic heterocycles. The molecule has 1 unspecified atom stereocenters. The van der Waals surface area contributed by atoms with Gasteiger partial charge in [-0.2, -0.15) is 8.61 Å². The molecular weight excluding hydrogens is 398 g/mol. The van der Waals surface area contributed by atoms with Crippen LogP contribution in [0.4, 0.5) is 0 Å². The number of hydrogen-bond donors (Lipinski definition) is 1. The number of rotatable bonds is 6. The predicted molar refractivity (Wildman–Crippen MR) is 104 cm³/mol. The molecule has 1 aliphatic rings. The maximum Gasteiger partial charge on any atom is 0.243 e. The van der Waals surface area contributed by atoms with Gasteiger partial charge >= 0.3 is 0 Å². The monoisotopic (exact) mass is 425 g/mol. The maximum absolute atomic E-state index is 12.9. The molecule has 10 heteroatoms. The van der Waals surface area contributed by atoms with E-state index in [4.69, 9.17) is 5.73 Å². The van der Waals surface area contributed by atoms with Crippen LogP contribution >= 0.6 is 12.4 Å². The molecule has 150 valence electrons. The van der Waals surface area contributed by atoms with Gasteiger partial charge < -0.3 is 5.73 Å². The highest BCUT2D eigenvalue weighted by Crippen LogP contribution is 2.24. The van der Waals surface area contributed by atoms with E-state index in [1.54, 1.807) is 6.92 Å². The molecule has 0 aromatic heterocycles. The standard InChI is InChI=1S/C16H27N3O4S2.ClH/c1-14(13-17)18(2)24(20,21)15-8-7-9-16(12-15)25(22,23)19-10-5-3-4-6-11-19;/h7-9,12,14H,3-6,10-11,13,17H2,1-2H3;1H. The van der Waals surface area contributed by atoms with Crippen LogP contribution in [0.25, 0.3) is 0 Å². The van der Waals surface area contributed by atoms with Gasteiger partial charge in [-0.3, -0.25) is 0 Å². The number of nitrogens with two attached hydrogens (primary N) is 1. The van der Waals surface area contributed by atoms with E-state index in [0.29, 0.717) is 13.1 Å². The third-order valence-corrected chi connectivity index (χ3v) is 8.51. The number of likely N-dealkylation sites (N-methyl/N-ethyl adjacent to an activating group) is 1. The van der Waals surface area contributed by atoms with Gasteiger partial charge in [-0.1, -0.05) is 18.9 Å². The van der Waals surface area contributed by atoms with Gasteiger partial charge in [0.1, 0.15) is 0 Å². The lowest BCUT2D eigenvalue weighted by atomic mass is 10.2. The molecule has 0 amide bonds. The second-order valence-corrected chi connectivity index (χ2v) is 10.3. The first-order valence-electron chi connectivity index (χ1n) is 8.49. The molecule has 1 heterocycles. The highest BCUT2D eigenvalue weighted by Gasteiger charge is 2.29. The lowest BCUT2D eigenvalue weighted by Gasteiger charge is -2.24. The maximum atomic E-state index is 12.9. The molecule has 1 atom stereocenters. The van der Waals surface area contributed by atoms with Crippen molar-refractivity contribution in [3.8, 4) is 0 Å². The summed E-state index contributed by atoms with van der Waals surface area (Å²) in [7, 11) is -6.05. The zero-order valence-electron chi connectivity index (χ0n) is 15.2. The second-order valence-electron chi connectivity index (χ2n) is 6.40. The molecule has 0 spiro atoms. The normalized spacial score (nSPS) is 18.2. The van der Waals surface area contributed by atoms with Crippen molar-refractivity contribution in [3.05, 3.63) is 24.3 Å². The van der Waals surface area contributed by atoms with E-state index in [-0.39, 0.29) is 34.8 Å². The lowest BCUT2D eigenvalue weighted by molar-refractivity contribution is 0.394. The molecule has 0 saturated carbocycles.